The van der Waals surface area contributed by atoms with Crippen molar-refractivity contribution in [2.24, 2.45) is 4.99 Å². The molecule has 2 atom stereocenters. The number of methoxy groups -OCH3 is 1. The first-order chi connectivity index (χ1) is 18.1. The molecule has 1 aromatic heterocycles. The first-order valence-corrected chi connectivity index (χ1v) is 12.3. The molecule has 1 saturated heterocycles. The van der Waals surface area contributed by atoms with Gasteiger partial charge in [-0.1, -0.05) is 23.9 Å². The fourth-order valence-electron chi connectivity index (χ4n) is 3.77. The van der Waals surface area contributed by atoms with Gasteiger partial charge in [0.25, 0.3) is 5.56 Å². The number of ether oxygens (including phenoxy) is 1. The van der Waals surface area contributed by atoms with Crippen LogP contribution in [0.4, 0.5) is 11.4 Å². The topological polar surface area (TPSA) is 169 Å². The van der Waals surface area contributed by atoms with Crippen LogP contribution in [0.1, 0.15) is 23.6 Å². The highest BCUT2D eigenvalue weighted by Crippen LogP contribution is 2.32. The summed E-state index contributed by atoms with van der Waals surface area (Å²) >= 11 is 1.04. The van der Waals surface area contributed by atoms with Crippen molar-refractivity contribution in [2.75, 3.05) is 31.4 Å². The fraction of sp³-hybridized carbons (Fsp3) is 0.240. The molecule has 12 nitrogen and oxygen atoms in total. The fourth-order valence-corrected chi connectivity index (χ4v) is 4.77. The average Bonchev–Trinajstić information content (AvgIpc) is 3.21. The molecule has 0 radical (unpaired) electrons. The van der Waals surface area contributed by atoms with Gasteiger partial charge in [-0.3, -0.25) is 24.4 Å². The van der Waals surface area contributed by atoms with Crippen LogP contribution in [0.3, 0.4) is 0 Å². The van der Waals surface area contributed by atoms with E-state index in [-0.39, 0.29) is 23.1 Å². The van der Waals surface area contributed by atoms with Crippen molar-refractivity contribution in [3.8, 4) is 11.6 Å². The van der Waals surface area contributed by atoms with E-state index < -0.39 is 34.3 Å². The normalized spacial score (nSPS) is 16.7. The molecule has 13 heteroatoms. The molecule has 0 aliphatic carbocycles. The highest BCUT2D eigenvalue weighted by molar-refractivity contribution is 8.15. The number of aromatic hydroxyl groups is 1. The number of H-pyrrole nitrogens is 2. The first-order valence-electron chi connectivity index (χ1n) is 11.5. The van der Waals surface area contributed by atoms with Crippen molar-refractivity contribution in [3.05, 3.63) is 80.5 Å². The largest absolute Gasteiger partial charge is 0.497 e. The number of nitrogens with one attached hydrogen (secondary N) is 4. The SMILES string of the molecule is COc1ccc(NC(=O)C[C@@H]2SC(=N[C@@H](c3ccc(N(C)C)cc3)c3c(O)[nH]c(=O)[nH]c3=O)NC2=O)cc1. The third kappa shape index (κ3) is 6.06. The lowest BCUT2D eigenvalue weighted by Gasteiger charge is -2.17. The molecule has 0 spiro atoms. The number of thioether (sulfide) groups is 1. The zero-order chi connectivity index (χ0) is 27.4. The van der Waals surface area contributed by atoms with Gasteiger partial charge in [-0.15, -0.1) is 0 Å². The van der Waals surface area contributed by atoms with Gasteiger partial charge in [-0.25, -0.2) is 9.79 Å². The summed E-state index contributed by atoms with van der Waals surface area (Å²) in [5.41, 5.74) is 0.115. The Morgan fingerprint density at radius 3 is 2.39 bits per heavy atom. The molecule has 2 aromatic carbocycles. The minimum absolute atomic E-state index is 0.117. The summed E-state index contributed by atoms with van der Waals surface area (Å²) in [6.45, 7) is 0. The van der Waals surface area contributed by atoms with Gasteiger partial charge in [0.1, 0.15) is 22.6 Å². The van der Waals surface area contributed by atoms with Crippen molar-refractivity contribution in [2.45, 2.75) is 17.7 Å². The van der Waals surface area contributed by atoms with Crippen molar-refractivity contribution >= 4 is 40.1 Å². The van der Waals surface area contributed by atoms with Crippen LogP contribution in [-0.4, -0.2) is 58.5 Å². The van der Waals surface area contributed by atoms with Gasteiger partial charge >= 0.3 is 5.69 Å². The highest BCUT2D eigenvalue weighted by Gasteiger charge is 2.34. The van der Waals surface area contributed by atoms with Crippen LogP contribution >= 0.6 is 11.8 Å². The number of carbonyl (C=O) groups is 2. The van der Waals surface area contributed by atoms with E-state index in [4.69, 9.17) is 4.74 Å². The lowest BCUT2D eigenvalue weighted by molar-refractivity contribution is -0.122. The van der Waals surface area contributed by atoms with Gasteiger partial charge in [-0.05, 0) is 42.0 Å². The Hall–Kier alpha value is -4.52. The number of hydrogen-bond donors (Lipinski definition) is 5. The van der Waals surface area contributed by atoms with Gasteiger partial charge in [0.05, 0.1) is 7.11 Å². The number of nitrogens with zero attached hydrogens (tertiary/aromatic N) is 2. The molecular formula is C25H26N6O6S. The second-order valence-electron chi connectivity index (χ2n) is 8.57. The number of rotatable bonds is 8. The molecule has 2 heterocycles. The molecule has 4 rings (SSSR count). The molecule has 5 N–H and O–H groups in total. The Morgan fingerprint density at radius 1 is 1.11 bits per heavy atom. The van der Waals surface area contributed by atoms with Crippen molar-refractivity contribution in [3.63, 3.8) is 0 Å². The van der Waals surface area contributed by atoms with E-state index in [2.05, 4.69) is 25.6 Å². The van der Waals surface area contributed by atoms with E-state index in [1.807, 2.05) is 31.1 Å². The molecule has 2 amide bonds. The summed E-state index contributed by atoms with van der Waals surface area (Å²) in [6, 6.07) is 12.8. The molecular weight excluding hydrogens is 512 g/mol. The van der Waals surface area contributed by atoms with Crippen LogP contribution in [0, 0.1) is 0 Å². The predicted molar refractivity (Wildman–Crippen MR) is 145 cm³/mol. The first kappa shape index (κ1) is 26.5. The number of hydrogen-bond acceptors (Lipinski definition) is 9. The van der Waals surface area contributed by atoms with Crippen LogP contribution < -0.4 is 31.5 Å². The van der Waals surface area contributed by atoms with Gasteiger partial charge in [0.2, 0.25) is 17.7 Å². The molecule has 0 bridgehead atoms. The van der Waals surface area contributed by atoms with E-state index in [0.29, 0.717) is 17.0 Å². The van der Waals surface area contributed by atoms with Crippen LogP contribution in [-0.2, 0) is 9.59 Å². The van der Waals surface area contributed by atoms with E-state index in [0.717, 1.165) is 17.4 Å². The number of aliphatic imine (C=N–C) groups is 1. The van der Waals surface area contributed by atoms with Crippen LogP contribution in [0.5, 0.6) is 11.6 Å². The minimum atomic E-state index is -1.05. The molecule has 0 saturated carbocycles. The smallest absolute Gasteiger partial charge is 0.328 e. The summed E-state index contributed by atoms with van der Waals surface area (Å²) in [4.78, 5) is 60.2. The van der Waals surface area contributed by atoms with Gasteiger partial charge < -0.3 is 25.4 Å². The van der Waals surface area contributed by atoms with Crippen molar-refractivity contribution in [1.82, 2.24) is 15.3 Å². The molecule has 3 aromatic rings. The number of benzene rings is 2. The molecule has 1 aliphatic rings. The average molecular weight is 539 g/mol. The van der Waals surface area contributed by atoms with Gasteiger partial charge in [-0.2, -0.15) is 0 Å². The molecule has 198 valence electrons. The lowest BCUT2D eigenvalue weighted by Crippen LogP contribution is -2.29. The summed E-state index contributed by atoms with van der Waals surface area (Å²) in [5.74, 6) is -0.767. The van der Waals surface area contributed by atoms with Crippen molar-refractivity contribution < 1.29 is 19.4 Å². The monoisotopic (exact) mass is 538 g/mol. The number of anilines is 2. The highest BCUT2D eigenvalue weighted by atomic mass is 32.2. The standard InChI is InChI=1S/C25H26N6O6S/c1-31(2)15-8-4-13(5-9-15)20(19-22(34)28-24(36)29-23(19)35)27-25-30-21(33)17(38-25)12-18(32)26-14-6-10-16(37-3)11-7-14/h4-11,17,20H,12H2,1-3H3,(H,26,32)(H,27,30,33)(H3,28,29,34,35,36)/t17-,20-/m0/s1. The Balaban J connectivity index is 1.58. The molecule has 1 aliphatic heterocycles. The second kappa shape index (κ2) is 11.3. The minimum Gasteiger partial charge on any atom is -0.497 e. The Kier molecular flexibility index (Phi) is 7.86. The van der Waals surface area contributed by atoms with E-state index in [1.165, 1.54) is 0 Å². The van der Waals surface area contributed by atoms with Gasteiger partial charge in [0, 0.05) is 31.9 Å². The molecule has 1 fully saturated rings. The number of aromatic nitrogens is 2. The maximum absolute atomic E-state index is 12.6. The molecule has 38 heavy (non-hydrogen) atoms. The van der Waals surface area contributed by atoms with Gasteiger partial charge in [0.15, 0.2) is 5.17 Å². The van der Waals surface area contributed by atoms with E-state index in [9.17, 15) is 24.3 Å². The number of carbonyl (C=O) groups excluding carboxylic acids is 2. The van der Waals surface area contributed by atoms with E-state index in [1.54, 1.807) is 43.5 Å². The van der Waals surface area contributed by atoms with Crippen LogP contribution in [0.25, 0.3) is 0 Å². The Labute approximate surface area is 221 Å². The van der Waals surface area contributed by atoms with Crippen LogP contribution in [0.2, 0.25) is 0 Å². The predicted octanol–water partition coefficient (Wildman–Crippen LogP) is 1.55. The maximum Gasteiger partial charge on any atom is 0.328 e. The summed E-state index contributed by atoms with van der Waals surface area (Å²) < 4.78 is 5.10. The molecule has 0 unspecified atom stereocenters. The number of amides is 2. The quantitative estimate of drug-likeness (QED) is 0.288. The summed E-state index contributed by atoms with van der Waals surface area (Å²) in [7, 11) is 5.29. The Morgan fingerprint density at radius 2 is 1.79 bits per heavy atom. The Bertz CT molecular complexity index is 1480. The lowest BCUT2D eigenvalue weighted by atomic mass is 10.0. The third-order valence-electron chi connectivity index (χ3n) is 5.72. The van der Waals surface area contributed by atoms with E-state index >= 15 is 0 Å². The second-order valence-corrected chi connectivity index (χ2v) is 9.76. The summed E-state index contributed by atoms with van der Waals surface area (Å²) in [5, 5.41) is 15.2. The number of aromatic amines is 2. The third-order valence-corrected chi connectivity index (χ3v) is 6.82. The zero-order valence-corrected chi connectivity index (χ0v) is 21.6. The van der Waals surface area contributed by atoms with Crippen LogP contribution in [0.15, 0.2) is 63.1 Å². The summed E-state index contributed by atoms with van der Waals surface area (Å²) in [6.07, 6.45) is -0.117. The maximum atomic E-state index is 12.6. The van der Waals surface area contributed by atoms with Crippen molar-refractivity contribution in [1.29, 1.82) is 0 Å². The number of amidine groups is 1. The zero-order valence-electron chi connectivity index (χ0n) is 20.8.